The van der Waals surface area contributed by atoms with Crippen LogP contribution in [0, 0.1) is 0 Å². The lowest BCUT2D eigenvalue weighted by molar-refractivity contribution is -0.117. The summed E-state index contributed by atoms with van der Waals surface area (Å²) in [7, 11) is 4.65. The zero-order valence-electron chi connectivity index (χ0n) is 18.3. The summed E-state index contributed by atoms with van der Waals surface area (Å²) in [6.07, 6.45) is 0.273. The summed E-state index contributed by atoms with van der Waals surface area (Å²) >= 11 is 0. The normalized spacial score (nSPS) is 18.0. The highest BCUT2D eigenvalue weighted by atomic mass is 16.6. The van der Waals surface area contributed by atoms with Crippen molar-refractivity contribution in [2.75, 3.05) is 26.2 Å². The number of rotatable bonds is 9. The van der Waals surface area contributed by atoms with Gasteiger partial charge in [-0.1, -0.05) is 24.8 Å². The first-order valence-corrected chi connectivity index (χ1v) is 9.91. The standard InChI is InChI=1S/C24H27NO6/c1-16(26)11-12-24(15-18-13-21(29-4)22(30-5)14-20(18)28-3)17(2)25(23(27)31-24)19-9-7-6-8-10-19/h6-10,13-14H,2,11-12,15H2,1,3-5H3. The van der Waals surface area contributed by atoms with Gasteiger partial charge in [-0.05, 0) is 25.1 Å². The van der Waals surface area contributed by atoms with Gasteiger partial charge in [-0.3, -0.25) is 0 Å². The lowest BCUT2D eigenvalue weighted by Gasteiger charge is -2.29. The maximum Gasteiger partial charge on any atom is 0.419 e. The van der Waals surface area contributed by atoms with Crippen LogP contribution in [0.2, 0.25) is 0 Å². The second kappa shape index (κ2) is 9.12. The van der Waals surface area contributed by atoms with Gasteiger partial charge in [0.25, 0.3) is 0 Å². The van der Waals surface area contributed by atoms with Crippen molar-refractivity contribution in [1.82, 2.24) is 0 Å². The molecule has 31 heavy (non-hydrogen) atoms. The fourth-order valence-corrected chi connectivity index (χ4v) is 3.76. The number of ketones is 1. The molecule has 0 N–H and O–H groups in total. The maximum atomic E-state index is 12.9. The predicted molar refractivity (Wildman–Crippen MR) is 117 cm³/mol. The van der Waals surface area contributed by atoms with Crippen LogP contribution >= 0.6 is 0 Å². The molecule has 1 atom stereocenters. The molecule has 1 saturated heterocycles. The molecule has 0 aromatic heterocycles. The molecule has 3 rings (SSSR count). The van der Waals surface area contributed by atoms with Gasteiger partial charge in [0.1, 0.15) is 11.5 Å². The van der Waals surface area contributed by atoms with E-state index < -0.39 is 11.7 Å². The lowest BCUT2D eigenvalue weighted by Crippen LogP contribution is -2.35. The van der Waals surface area contributed by atoms with Gasteiger partial charge in [-0.2, -0.15) is 0 Å². The fourth-order valence-electron chi connectivity index (χ4n) is 3.76. The van der Waals surface area contributed by atoms with E-state index in [1.807, 2.05) is 30.3 Å². The van der Waals surface area contributed by atoms with Crippen LogP contribution in [0.1, 0.15) is 25.3 Å². The Morgan fingerprint density at radius 1 is 1.03 bits per heavy atom. The summed E-state index contributed by atoms with van der Waals surface area (Å²) in [6.45, 7) is 5.71. The van der Waals surface area contributed by atoms with Crippen LogP contribution in [0.25, 0.3) is 0 Å². The minimum atomic E-state index is -1.11. The molecule has 7 heteroatoms. The molecule has 0 bridgehead atoms. The predicted octanol–water partition coefficient (Wildman–Crippen LogP) is 4.53. The van der Waals surface area contributed by atoms with Gasteiger partial charge in [-0.25, -0.2) is 9.69 Å². The number of hydrogen-bond donors (Lipinski definition) is 0. The number of carbonyl (C=O) groups excluding carboxylic acids is 2. The number of carbonyl (C=O) groups is 2. The van der Waals surface area contributed by atoms with Crippen LogP contribution in [0.15, 0.2) is 54.7 Å². The molecule has 7 nitrogen and oxygen atoms in total. The number of cyclic esters (lactones) is 1. The van der Waals surface area contributed by atoms with Crippen molar-refractivity contribution in [3.05, 3.63) is 60.3 Å². The zero-order valence-corrected chi connectivity index (χ0v) is 18.3. The van der Waals surface area contributed by atoms with E-state index in [0.717, 1.165) is 5.56 Å². The highest BCUT2D eigenvalue weighted by Gasteiger charge is 2.50. The van der Waals surface area contributed by atoms with Crippen LogP contribution in [-0.2, 0) is 16.0 Å². The van der Waals surface area contributed by atoms with E-state index in [1.165, 1.54) is 11.8 Å². The van der Waals surface area contributed by atoms with Crippen molar-refractivity contribution in [3.63, 3.8) is 0 Å². The highest BCUT2D eigenvalue weighted by Crippen LogP contribution is 2.44. The first-order chi connectivity index (χ1) is 14.8. The van der Waals surface area contributed by atoms with Crippen LogP contribution in [0.5, 0.6) is 17.2 Å². The topological polar surface area (TPSA) is 74.3 Å². The van der Waals surface area contributed by atoms with E-state index in [0.29, 0.717) is 35.1 Å². The van der Waals surface area contributed by atoms with Crippen molar-refractivity contribution in [1.29, 1.82) is 0 Å². The molecular formula is C24H27NO6. The molecule has 0 spiro atoms. The Balaban J connectivity index is 2.05. The summed E-state index contributed by atoms with van der Waals surface area (Å²) < 4.78 is 22.3. The third-order valence-corrected chi connectivity index (χ3v) is 5.42. The monoisotopic (exact) mass is 425 g/mol. The zero-order chi connectivity index (χ0) is 22.6. The average Bonchev–Trinajstić information content (AvgIpc) is 3.02. The quantitative estimate of drug-likeness (QED) is 0.588. The molecule has 0 saturated carbocycles. The van der Waals surface area contributed by atoms with E-state index in [9.17, 15) is 9.59 Å². The Hall–Kier alpha value is -3.48. The molecule has 1 aliphatic heterocycles. The molecule has 1 unspecified atom stereocenters. The SMILES string of the molecule is C=C1N(c2ccccc2)C(=O)OC1(CCC(C)=O)Cc1cc(OC)c(OC)cc1OC. The minimum absolute atomic E-state index is 0.000613. The van der Waals surface area contributed by atoms with Gasteiger partial charge in [0.2, 0.25) is 0 Å². The third-order valence-electron chi connectivity index (χ3n) is 5.42. The maximum absolute atomic E-state index is 12.9. The summed E-state index contributed by atoms with van der Waals surface area (Å²) in [5.41, 5.74) is 0.765. The first kappa shape index (κ1) is 22.2. The molecule has 1 heterocycles. The molecule has 2 aromatic carbocycles. The van der Waals surface area contributed by atoms with E-state index >= 15 is 0 Å². The van der Waals surface area contributed by atoms with Gasteiger partial charge in [0, 0.05) is 30.9 Å². The molecule has 0 aliphatic carbocycles. The number of anilines is 1. The number of ether oxygens (including phenoxy) is 4. The molecule has 0 radical (unpaired) electrons. The lowest BCUT2D eigenvalue weighted by atomic mass is 9.86. The first-order valence-electron chi connectivity index (χ1n) is 9.91. The largest absolute Gasteiger partial charge is 0.496 e. The number of methoxy groups -OCH3 is 3. The van der Waals surface area contributed by atoms with E-state index in [1.54, 1.807) is 33.5 Å². The van der Waals surface area contributed by atoms with Crippen LogP contribution in [-0.4, -0.2) is 38.8 Å². The Kier molecular flexibility index (Phi) is 6.53. The highest BCUT2D eigenvalue weighted by molar-refractivity contribution is 5.95. The van der Waals surface area contributed by atoms with Gasteiger partial charge in [-0.15, -0.1) is 0 Å². The van der Waals surface area contributed by atoms with Gasteiger partial charge in [0.05, 0.1) is 32.7 Å². The van der Waals surface area contributed by atoms with Crippen molar-refractivity contribution < 1.29 is 28.5 Å². The molecule has 2 aromatic rings. The number of hydrogen-bond acceptors (Lipinski definition) is 6. The summed E-state index contributed by atoms with van der Waals surface area (Å²) in [5.74, 6) is 1.60. The second-order valence-corrected chi connectivity index (χ2v) is 7.38. The van der Waals surface area contributed by atoms with Gasteiger partial charge < -0.3 is 23.7 Å². The number of para-hydroxylation sites is 1. The van der Waals surface area contributed by atoms with Crippen molar-refractivity contribution in [3.8, 4) is 17.2 Å². The Labute approximate surface area is 182 Å². The number of Topliss-reactive ketones (excluding diaryl/α,β-unsaturated/α-hetero) is 1. The molecular weight excluding hydrogens is 398 g/mol. The Morgan fingerprint density at radius 3 is 2.23 bits per heavy atom. The summed E-state index contributed by atoms with van der Waals surface area (Å²) in [4.78, 5) is 26.1. The summed E-state index contributed by atoms with van der Waals surface area (Å²) in [5, 5.41) is 0. The molecule has 164 valence electrons. The number of benzene rings is 2. The summed E-state index contributed by atoms with van der Waals surface area (Å²) in [6, 6.07) is 12.7. The number of amides is 1. The van der Waals surface area contributed by atoms with Crippen molar-refractivity contribution in [2.45, 2.75) is 31.8 Å². The van der Waals surface area contributed by atoms with E-state index in [2.05, 4.69) is 6.58 Å². The van der Waals surface area contributed by atoms with Crippen LogP contribution in [0.3, 0.4) is 0 Å². The Bertz CT molecular complexity index is 987. The van der Waals surface area contributed by atoms with Crippen LogP contribution in [0.4, 0.5) is 10.5 Å². The van der Waals surface area contributed by atoms with Crippen molar-refractivity contribution in [2.24, 2.45) is 0 Å². The third kappa shape index (κ3) is 4.35. The van der Waals surface area contributed by atoms with E-state index in [4.69, 9.17) is 18.9 Å². The fraction of sp³-hybridized carbons (Fsp3) is 0.333. The van der Waals surface area contributed by atoms with Crippen molar-refractivity contribution >= 4 is 17.6 Å². The molecule has 1 amide bonds. The second-order valence-electron chi connectivity index (χ2n) is 7.38. The minimum Gasteiger partial charge on any atom is -0.496 e. The Morgan fingerprint density at radius 2 is 1.65 bits per heavy atom. The average molecular weight is 425 g/mol. The smallest absolute Gasteiger partial charge is 0.419 e. The number of nitrogens with zero attached hydrogens (tertiary/aromatic N) is 1. The van der Waals surface area contributed by atoms with Crippen LogP contribution < -0.4 is 19.1 Å². The molecule has 1 fully saturated rings. The van der Waals surface area contributed by atoms with E-state index in [-0.39, 0.29) is 18.6 Å². The molecule has 1 aliphatic rings. The van der Waals surface area contributed by atoms with Gasteiger partial charge >= 0.3 is 6.09 Å². The van der Waals surface area contributed by atoms with Gasteiger partial charge in [0.15, 0.2) is 17.1 Å².